The van der Waals surface area contributed by atoms with Gasteiger partial charge >= 0.3 is 0 Å². The van der Waals surface area contributed by atoms with Gasteiger partial charge in [-0.2, -0.15) is 0 Å². The van der Waals surface area contributed by atoms with Gasteiger partial charge in [0, 0.05) is 23.7 Å². The zero-order valence-electron chi connectivity index (χ0n) is 12.7. The molecule has 1 aliphatic rings. The second kappa shape index (κ2) is 6.08. The number of carbonyl (C=O) groups excluding carboxylic acids is 3. The van der Waals surface area contributed by atoms with Gasteiger partial charge in [-0.1, -0.05) is 24.3 Å². The fraction of sp³-hybridized carbons (Fsp3) is 0.0556. The molecule has 2 aromatic carbocycles. The first-order valence-corrected chi connectivity index (χ1v) is 7.20. The number of nitrogens with one attached hydrogen (secondary N) is 2. The first-order valence-electron chi connectivity index (χ1n) is 7.20. The molecule has 0 aliphatic heterocycles. The van der Waals surface area contributed by atoms with Crippen LogP contribution in [-0.4, -0.2) is 17.5 Å². The summed E-state index contributed by atoms with van der Waals surface area (Å²) >= 11 is 0. The molecule has 0 saturated carbocycles. The van der Waals surface area contributed by atoms with Crippen molar-refractivity contribution in [3.63, 3.8) is 0 Å². The molecule has 6 heteroatoms. The molecule has 3 rings (SSSR count). The molecule has 5 nitrogen and oxygen atoms in total. The summed E-state index contributed by atoms with van der Waals surface area (Å²) in [4.78, 5) is 36.8. The zero-order chi connectivity index (χ0) is 17.3. The van der Waals surface area contributed by atoms with Gasteiger partial charge in [0.1, 0.15) is 17.2 Å². The van der Waals surface area contributed by atoms with Gasteiger partial charge < -0.3 is 10.6 Å². The van der Waals surface area contributed by atoms with Crippen LogP contribution >= 0.6 is 0 Å². The molecular weight excluding hydrogens is 311 g/mol. The maximum atomic E-state index is 13.0. The van der Waals surface area contributed by atoms with Crippen molar-refractivity contribution in [1.29, 1.82) is 0 Å². The van der Waals surface area contributed by atoms with Crippen LogP contribution in [0.4, 0.5) is 10.1 Å². The van der Waals surface area contributed by atoms with E-state index in [1.54, 1.807) is 18.2 Å². The lowest BCUT2D eigenvalue weighted by Gasteiger charge is -2.22. The van der Waals surface area contributed by atoms with Crippen molar-refractivity contribution in [2.24, 2.45) is 0 Å². The van der Waals surface area contributed by atoms with Crippen LogP contribution in [0.2, 0.25) is 0 Å². The van der Waals surface area contributed by atoms with Crippen molar-refractivity contribution in [3.8, 4) is 0 Å². The maximum Gasteiger partial charge on any atom is 0.221 e. The van der Waals surface area contributed by atoms with Crippen LogP contribution in [-0.2, 0) is 4.79 Å². The molecular formula is C18H13FN2O3. The number of carbonyl (C=O) groups is 3. The van der Waals surface area contributed by atoms with Crippen molar-refractivity contribution >= 4 is 23.2 Å². The molecule has 0 aromatic heterocycles. The molecule has 0 bridgehead atoms. The van der Waals surface area contributed by atoms with E-state index < -0.39 is 23.3 Å². The largest absolute Gasteiger partial charge is 0.350 e. The Morgan fingerprint density at radius 3 is 1.96 bits per heavy atom. The molecule has 0 saturated heterocycles. The van der Waals surface area contributed by atoms with Crippen molar-refractivity contribution in [3.05, 3.63) is 76.9 Å². The Hall–Kier alpha value is -3.28. The second-order valence-electron chi connectivity index (χ2n) is 5.27. The number of amides is 1. The van der Waals surface area contributed by atoms with Crippen LogP contribution in [0, 0.1) is 5.82 Å². The third-order valence-corrected chi connectivity index (χ3v) is 3.54. The van der Waals surface area contributed by atoms with Crippen LogP contribution in [0.25, 0.3) is 0 Å². The van der Waals surface area contributed by atoms with Crippen LogP contribution in [0.3, 0.4) is 0 Å². The van der Waals surface area contributed by atoms with E-state index in [-0.39, 0.29) is 22.5 Å². The monoisotopic (exact) mass is 324 g/mol. The average Bonchev–Trinajstić information content (AvgIpc) is 2.57. The molecule has 0 fully saturated rings. The van der Waals surface area contributed by atoms with Crippen LogP contribution in [0.5, 0.6) is 0 Å². The Bertz CT molecular complexity index is 885. The predicted octanol–water partition coefficient (Wildman–Crippen LogP) is 2.66. The van der Waals surface area contributed by atoms with E-state index in [9.17, 15) is 18.8 Å². The summed E-state index contributed by atoms with van der Waals surface area (Å²) in [6, 6.07) is 11.7. The second-order valence-corrected chi connectivity index (χ2v) is 5.27. The minimum atomic E-state index is -0.469. The fourth-order valence-corrected chi connectivity index (χ4v) is 2.47. The number of anilines is 1. The first-order chi connectivity index (χ1) is 11.5. The Morgan fingerprint density at radius 1 is 0.875 bits per heavy atom. The molecule has 2 aromatic rings. The lowest BCUT2D eigenvalue weighted by molar-refractivity contribution is -0.118. The standard InChI is InChI=1S/C18H13FN2O3/c1-10(22)20-15-16(21-12-8-6-11(19)7-9-12)18(24)14-5-3-2-4-13(14)17(15)23/h2-9,21H,1H3,(H,20,22). The smallest absolute Gasteiger partial charge is 0.221 e. The SMILES string of the molecule is CC(=O)NC1=C(Nc2ccc(F)cc2)C(=O)c2ccccc2C1=O. The van der Waals surface area contributed by atoms with Gasteiger partial charge in [-0.15, -0.1) is 0 Å². The summed E-state index contributed by atoms with van der Waals surface area (Å²) < 4.78 is 13.0. The molecule has 1 amide bonds. The molecule has 0 atom stereocenters. The van der Waals surface area contributed by atoms with Gasteiger partial charge in [0.2, 0.25) is 17.5 Å². The lowest BCUT2D eigenvalue weighted by Crippen LogP contribution is -2.35. The van der Waals surface area contributed by atoms with Gasteiger partial charge in [-0.25, -0.2) is 4.39 Å². The number of ketones is 2. The molecule has 120 valence electrons. The van der Waals surface area contributed by atoms with E-state index >= 15 is 0 Å². The molecule has 0 radical (unpaired) electrons. The normalized spacial score (nSPS) is 13.6. The zero-order valence-corrected chi connectivity index (χ0v) is 12.7. The minimum Gasteiger partial charge on any atom is -0.350 e. The van der Waals surface area contributed by atoms with Gasteiger partial charge in [-0.05, 0) is 24.3 Å². The number of fused-ring (bicyclic) bond motifs is 1. The van der Waals surface area contributed by atoms with E-state index in [0.29, 0.717) is 5.69 Å². The highest BCUT2D eigenvalue weighted by Gasteiger charge is 2.32. The quantitative estimate of drug-likeness (QED) is 0.910. The summed E-state index contributed by atoms with van der Waals surface area (Å²) in [5.41, 5.74) is 0.753. The van der Waals surface area contributed by atoms with Crippen LogP contribution in [0.15, 0.2) is 59.9 Å². The summed E-state index contributed by atoms with van der Waals surface area (Å²) in [5, 5.41) is 5.23. The van der Waals surface area contributed by atoms with Gasteiger partial charge in [-0.3, -0.25) is 14.4 Å². The maximum absolute atomic E-state index is 13.0. The summed E-state index contributed by atoms with van der Waals surface area (Å²) in [7, 11) is 0. The van der Waals surface area contributed by atoms with Gasteiger partial charge in [0.05, 0.1) is 0 Å². The summed E-state index contributed by atoms with van der Waals surface area (Å²) in [5.74, 6) is -1.76. The molecule has 0 spiro atoms. The van der Waals surface area contributed by atoms with Crippen LogP contribution in [0.1, 0.15) is 27.6 Å². The Kier molecular flexibility index (Phi) is 3.95. The van der Waals surface area contributed by atoms with E-state index in [0.717, 1.165) is 0 Å². The third-order valence-electron chi connectivity index (χ3n) is 3.54. The van der Waals surface area contributed by atoms with Crippen molar-refractivity contribution in [2.45, 2.75) is 6.92 Å². The highest BCUT2D eigenvalue weighted by atomic mass is 19.1. The predicted molar refractivity (Wildman–Crippen MR) is 86.0 cm³/mol. The molecule has 24 heavy (non-hydrogen) atoms. The van der Waals surface area contributed by atoms with Crippen molar-refractivity contribution in [2.75, 3.05) is 5.32 Å². The number of halogens is 1. The molecule has 0 heterocycles. The molecule has 2 N–H and O–H groups in total. The Balaban J connectivity index is 2.09. The fourth-order valence-electron chi connectivity index (χ4n) is 2.47. The van der Waals surface area contributed by atoms with Crippen molar-refractivity contribution < 1.29 is 18.8 Å². The summed E-state index contributed by atoms with van der Waals surface area (Å²) in [6.07, 6.45) is 0. The Labute approximate surface area is 137 Å². The van der Waals surface area contributed by atoms with E-state index in [4.69, 9.17) is 0 Å². The molecule has 0 unspecified atom stereocenters. The topological polar surface area (TPSA) is 75.3 Å². The van der Waals surface area contributed by atoms with E-state index in [1.165, 1.54) is 37.3 Å². The minimum absolute atomic E-state index is 0.0412. The molecule has 1 aliphatic carbocycles. The number of rotatable bonds is 3. The van der Waals surface area contributed by atoms with E-state index in [1.807, 2.05) is 0 Å². The first kappa shape index (κ1) is 15.6. The lowest BCUT2D eigenvalue weighted by atomic mass is 9.90. The van der Waals surface area contributed by atoms with Crippen molar-refractivity contribution in [1.82, 2.24) is 5.32 Å². The number of allylic oxidation sites excluding steroid dienone is 2. The van der Waals surface area contributed by atoms with E-state index in [2.05, 4.69) is 10.6 Å². The number of hydrogen-bond donors (Lipinski definition) is 2. The highest BCUT2D eigenvalue weighted by Crippen LogP contribution is 2.26. The summed E-state index contributed by atoms with van der Waals surface area (Å²) in [6.45, 7) is 1.25. The third kappa shape index (κ3) is 2.81. The number of benzene rings is 2. The van der Waals surface area contributed by atoms with Crippen LogP contribution < -0.4 is 10.6 Å². The van der Waals surface area contributed by atoms with Gasteiger partial charge in [0.15, 0.2) is 0 Å². The number of Topliss-reactive ketones (excluding diaryl/α,β-unsaturated/α-hetero) is 2. The highest BCUT2D eigenvalue weighted by molar-refractivity contribution is 6.28. The average molecular weight is 324 g/mol. The Morgan fingerprint density at radius 2 is 1.42 bits per heavy atom. The van der Waals surface area contributed by atoms with Gasteiger partial charge in [0.25, 0.3) is 0 Å². The number of hydrogen-bond acceptors (Lipinski definition) is 4.